The van der Waals surface area contributed by atoms with E-state index in [1.165, 1.54) is 0 Å². The van der Waals surface area contributed by atoms with E-state index in [1.54, 1.807) is 0 Å². The van der Waals surface area contributed by atoms with Crippen molar-refractivity contribution in [2.45, 2.75) is 42.5 Å². The van der Waals surface area contributed by atoms with Crippen LogP contribution in [0.25, 0.3) is 0 Å². The first-order valence-corrected chi connectivity index (χ1v) is 2.00. The van der Waals surface area contributed by atoms with Crippen LogP contribution in [0.1, 0.15) is 75.0 Å². The van der Waals surface area contributed by atoms with Crippen molar-refractivity contribution in [1.82, 2.24) is 0 Å². The fraction of sp³-hybridized carbons (Fsp3) is 1.00. The van der Waals surface area contributed by atoms with Gasteiger partial charge in [0.25, 0.3) is 0 Å². The van der Waals surface area contributed by atoms with Crippen molar-refractivity contribution in [3.63, 3.8) is 0 Å². The Hall–Kier alpha value is 0. The fourth-order valence-electron chi connectivity index (χ4n) is 0. The summed E-state index contributed by atoms with van der Waals surface area (Å²) in [6.07, 6.45) is 0. The maximum absolute atomic E-state index is 5.00. The van der Waals surface area contributed by atoms with Gasteiger partial charge in [0, 0.05) is 32.4 Å². The Bertz CT molecular complexity index is 21.0. The van der Waals surface area contributed by atoms with E-state index in [-0.39, 0.29) is 20.6 Å². The molecule has 0 aliphatic rings. The summed E-state index contributed by atoms with van der Waals surface area (Å²) in [6, 6.07) is 0. The highest BCUT2D eigenvalue weighted by molar-refractivity contribution is 3.51. The zero-order valence-corrected chi connectivity index (χ0v) is 4.00. The molecule has 0 aromatic carbocycles. The van der Waals surface area contributed by atoms with Gasteiger partial charge in [0.2, 0.25) is 0 Å². The Morgan fingerprint density at radius 2 is 0.833 bits per heavy atom. The van der Waals surface area contributed by atoms with Gasteiger partial charge in [0.05, 0.1) is 0 Å². The maximum Gasteiger partial charge on any atom is 0 e. The van der Waals surface area contributed by atoms with Crippen LogP contribution >= 0.6 is 0 Å². The molecule has 0 saturated heterocycles. The second-order valence-corrected chi connectivity index (χ2v) is 0. The average Bonchev–Trinajstić information content (AvgIpc) is 2.78. The molecule has 0 unspecified atom stereocenters. The molecule has 0 spiro atoms. The molecule has 0 aromatic heterocycles. The van der Waals surface area contributed by atoms with Gasteiger partial charge in [-0.15, -0.1) is 0 Å². The van der Waals surface area contributed by atoms with Gasteiger partial charge in [0.15, 0.2) is 0 Å². The zero-order chi connectivity index (χ0) is 22.0. The van der Waals surface area contributed by atoms with E-state index in [1.807, 2.05) is 27.7 Å². The third kappa shape index (κ3) is 0. The van der Waals surface area contributed by atoms with Gasteiger partial charge >= 0.3 is 0 Å². The van der Waals surface area contributed by atoms with E-state index in [2.05, 4.69) is 0 Å². The van der Waals surface area contributed by atoms with Crippen LogP contribution in [-0.2, 0) is 0 Å². The van der Waals surface area contributed by atoms with E-state index in [4.69, 9.17) is 26.7 Å². The number of hydrogen-bond acceptors (Lipinski definition) is 0. The molecule has 0 heterocycles. The molecule has 70 valence electrons. The zero-order valence-electron chi connectivity index (χ0n) is 22.0. The number of rotatable bonds is 0. The van der Waals surface area contributed by atoms with E-state index >= 15 is 0 Å². The third-order valence-electron chi connectivity index (χ3n) is 0. The average molecular weight is 141 g/mol. The van der Waals surface area contributed by atoms with E-state index in [0.29, 0.717) is 0 Å². The Balaban J connectivity index is -0.00000000310. The summed E-state index contributed by atoms with van der Waals surface area (Å²) >= 11 is 0. The van der Waals surface area contributed by atoms with Crippen molar-refractivity contribution in [2.75, 3.05) is 0 Å². The molecule has 0 aromatic rings. The van der Waals surface area contributed by atoms with E-state index in [0.717, 1.165) is 0 Å². The standard InChI is InChI=1S/2C2H6.2CH4.13H2/c2*1-2;;;;;;;;;;;;;;;/h2*1-2H3;2*1H4;13*1H/i;;;;9*1+1D;4*1+1. The molecule has 0 radical (unpaired) electrons. The summed E-state index contributed by atoms with van der Waals surface area (Å²) in [6.45, 7) is 8.00. The first-order valence-electron chi connectivity index (χ1n) is 11.0. The molecule has 0 nitrogen and oxygen atoms in total. The monoisotopic (exact) mass is 140 g/mol. The van der Waals surface area contributed by atoms with Gasteiger partial charge in [-0.05, 0) is 0 Å². The Kier molecular flexibility index (Phi) is 0. The van der Waals surface area contributed by atoms with Crippen molar-refractivity contribution in [2.24, 2.45) is 0 Å². The lowest BCUT2D eigenvalue weighted by molar-refractivity contribution is 1.50. The van der Waals surface area contributed by atoms with Crippen molar-refractivity contribution in [1.29, 1.82) is 0 Å². The lowest BCUT2D eigenvalue weighted by atomic mass is 11.0. The smallest absolute Gasteiger partial charge is 0 e. The van der Waals surface area contributed by atoms with Crippen molar-refractivity contribution in [3.8, 4) is 0 Å². The highest BCUT2D eigenvalue weighted by Gasteiger charge is 0.934. The quantitative estimate of drug-likeness (QED) is 0.359. The van der Waals surface area contributed by atoms with Gasteiger partial charge in [-0.1, -0.05) is 42.5 Å². The molecule has 6 heavy (non-hydrogen) atoms. The molecule has 0 rings (SSSR count). The van der Waals surface area contributed by atoms with Gasteiger partial charge in [-0.3, -0.25) is 0 Å². The maximum atomic E-state index is 5.00. The van der Waals surface area contributed by atoms with Crippen LogP contribution in [0.3, 0.4) is 0 Å². The lowest BCUT2D eigenvalue weighted by Crippen LogP contribution is -0.856. The van der Waals surface area contributed by atoms with Gasteiger partial charge < -0.3 is 0 Å². The topological polar surface area (TPSA) is 0 Å². The van der Waals surface area contributed by atoms with Gasteiger partial charge in [-0.25, -0.2) is 0 Å². The van der Waals surface area contributed by atoms with Crippen molar-refractivity contribution >= 4 is 0 Å². The largest absolute Gasteiger partial charge is 0.0776 e. The van der Waals surface area contributed by atoms with Gasteiger partial charge in [0.1, 0.15) is 0 Å². The predicted molar refractivity (Wildman–Crippen MR) is 63.6 cm³/mol. The highest BCUT2D eigenvalue weighted by atomic mass is 13.0. The summed E-state index contributed by atoms with van der Waals surface area (Å²) in [7, 11) is 0. The molecule has 0 bridgehead atoms. The SMILES string of the molecule is C.C.CC.CC.[2HH].[2HH].[2HH].[2HH].[2H][2H].[2H][2H].[2H][2H].[2H][2H].[2H][2H].[2H][2H].[2H][2H].[2H][2H].[2H][2H]. The molecule has 0 aliphatic carbocycles. The summed E-state index contributed by atoms with van der Waals surface area (Å²) < 4.78 is 90.0. The Morgan fingerprint density at radius 3 is 0.833 bits per heavy atom. The minimum Gasteiger partial charge on any atom is -0.0776 e. The van der Waals surface area contributed by atoms with Crippen LogP contribution in [0.5, 0.6) is 0 Å². The first kappa shape index (κ1) is 1.24. The summed E-state index contributed by atoms with van der Waals surface area (Å²) in [5.41, 5.74) is 0. The first-order chi connectivity index (χ1) is 11.0. The van der Waals surface area contributed by atoms with Crippen LogP contribution in [-0.4, -0.2) is 0 Å². The van der Waals surface area contributed by atoms with Crippen LogP contribution in [0.2, 0.25) is 0 Å². The second kappa shape index (κ2) is 0. The minimum absolute atomic E-state index is 0. The van der Waals surface area contributed by atoms with E-state index in [9.17, 15) is 0 Å². The second-order valence-electron chi connectivity index (χ2n) is 0. The molecule has 0 heteroatoms. The van der Waals surface area contributed by atoms with Crippen molar-refractivity contribution < 1.29 is 32.4 Å². The normalized spacial score (nSPS) is 14.0. The van der Waals surface area contributed by atoms with E-state index < -0.39 is 0 Å². The summed E-state index contributed by atoms with van der Waals surface area (Å²) in [4.78, 5) is 0. The molecule has 0 N–H and O–H groups in total. The highest BCUT2D eigenvalue weighted by Crippen LogP contribution is 1.15. The molecule has 0 amide bonds. The molecule has 0 atom stereocenters. The fourth-order valence-corrected chi connectivity index (χ4v) is 0. The van der Waals surface area contributed by atoms with Crippen molar-refractivity contribution in [3.05, 3.63) is 0 Å². The van der Waals surface area contributed by atoms with Crippen LogP contribution in [0.4, 0.5) is 0 Å². The molecule has 0 aliphatic heterocycles. The van der Waals surface area contributed by atoms with Crippen LogP contribution < -0.4 is 0 Å². The Morgan fingerprint density at radius 1 is 0.833 bits per heavy atom. The molecule has 0 saturated carbocycles. The molecule has 0 fully saturated rings. The summed E-state index contributed by atoms with van der Waals surface area (Å²) in [5.74, 6) is 0. The summed E-state index contributed by atoms with van der Waals surface area (Å²) in [5, 5.41) is 0. The van der Waals surface area contributed by atoms with Gasteiger partial charge in [-0.2, -0.15) is 0 Å². The lowest BCUT2D eigenvalue weighted by Gasteiger charge is -1.07. The Labute approximate surface area is 77.3 Å². The third-order valence-corrected chi connectivity index (χ3v) is 0. The predicted octanol–water partition coefficient (Wildman–Crippen LogP) is 6.52. The van der Waals surface area contributed by atoms with Crippen LogP contribution in [0.15, 0.2) is 0 Å². The molecular weight excluding hydrogens is 72.1 g/mol. The minimum atomic E-state index is 0. The van der Waals surface area contributed by atoms with Crippen LogP contribution in [0, 0.1) is 0 Å². The number of hydrogen-bond donors (Lipinski definition) is 0. The molecular formula is C6H46.